The largest absolute Gasteiger partial charge is 0.565 e. The SMILES string of the molecule is CBOc1ccc(C(=O)c2ccc(OBC)cc2OBC)c(OBC)c1. The minimum atomic E-state index is -0.164. The maximum Gasteiger partial charge on any atom is 0.336 e. The molecule has 0 heterocycles. The van der Waals surface area contributed by atoms with Crippen LogP contribution in [0.15, 0.2) is 36.4 Å². The van der Waals surface area contributed by atoms with Crippen molar-refractivity contribution < 1.29 is 23.4 Å². The molecule has 5 nitrogen and oxygen atoms in total. The molecule has 0 unspecified atom stereocenters. The monoisotopic (exact) mass is 350 g/mol. The van der Waals surface area contributed by atoms with E-state index in [1.807, 2.05) is 27.3 Å². The van der Waals surface area contributed by atoms with Gasteiger partial charge in [-0.25, -0.2) is 0 Å². The van der Waals surface area contributed by atoms with Crippen molar-refractivity contribution in [2.75, 3.05) is 0 Å². The number of hydrogen-bond donors (Lipinski definition) is 0. The maximum atomic E-state index is 13.1. The summed E-state index contributed by atoms with van der Waals surface area (Å²) in [5.41, 5.74) is 0.945. The van der Waals surface area contributed by atoms with Crippen molar-refractivity contribution >= 4 is 35.7 Å². The standard InChI is InChI=1S/C17H22B4O5/c1-18-23-11-5-7-13(15(9-11)25-20-3)17(22)14-8-6-12(24-19-2)10-16(14)26-21-4/h5-10,18-21H,1-4H3. The Morgan fingerprint density at radius 1 is 0.654 bits per heavy atom. The van der Waals surface area contributed by atoms with Crippen LogP contribution in [0.25, 0.3) is 0 Å². The van der Waals surface area contributed by atoms with E-state index in [4.69, 9.17) is 18.6 Å². The van der Waals surface area contributed by atoms with E-state index in [2.05, 4.69) is 0 Å². The summed E-state index contributed by atoms with van der Waals surface area (Å²) in [5, 5.41) is 0. The minimum absolute atomic E-state index is 0.164. The number of benzene rings is 2. The minimum Gasteiger partial charge on any atom is -0.565 e. The predicted molar refractivity (Wildman–Crippen MR) is 111 cm³/mol. The highest BCUT2D eigenvalue weighted by Gasteiger charge is 2.20. The van der Waals surface area contributed by atoms with Crippen LogP contribution >= 0.6 is 0 Å². The molecule has 0 saturated heterocycles. The first kappa shape index (κ1) is 19.9. The summed E-state index contributed by atoms with van der Waals surface area (Å²) in [7, 11) is 2.01. The number of rotatable bonds is 10. The number of carbonyl (C=O) groups excluding carboxylic acids is 1. The van der Waals surface area contributed by atoms with Crippen LogP contribution in [0.1, 0.15) is 15.9 Å². The van der Waals surface area contributed by atoms with Gasteiger partial charge >= 0.3 is 29.9 Å². The Hall–Kier alpha value is -2.43. The molecule has 0 amide bonds. The van der Waals surface area contributed by atoms with E-state index in [0.29, 0.717) is 64.1 Å². The summed E-state index contributed by atoms with van der Waals surface area (Å²) >= 11 is 0. The third-order valence-electron chi connectivity index (χ3n) is 3.62. The summed E-state index contributed by atoms with van der Waals surface area (Å²) < 4.78 is 22.3. The Morgan fingerprint density at radius 2 is 1.04 bits per heavy atom. The zero-order valence-electron chi connectivity index (χ0n) is 15.8. The summed E-state index contributed by atoms with van der Waals surface area (Å²) in [6.45, 7) is 7.58. The molecule has 0 aliphatic rings. The Labute approximate surface area is 157 Å². The Bertz CT molecular complexity index is 692. The summed E-state index contributed by atoms with van der Waals surface area (Å²) in [4.78, 5) is 13.1. The molecule has 0 aromatic heterocycles. The third-order valence-corrected chi connectivity index (χ3v) is 3.62. The van der Waals surface area contributed by atoms with E-state index in [9.17, 15) is 4.79 Å². The van der Waals surface area contributed by atoms with Gasteiger partial charge in [0.2, 0.25) is 0 Å². The number of carbonyl (C=O) groups is 1. The molecular formula is C17H22B4O5. The van der Waals surface area contributed by atoms with Gasteiger partial charge in [-0.05, 0) is 24.3 Å². The van der Waals surface area contributed by atoms with E-state index < -0.39 is 0 Å². The Kier molecular flexibility index (Phi) is 7.57. The van der Waals surface area contributed by atoms with Gasteiger partial charge in [-0.1, -0.05) is 27.3 Å². The van der Waals surface area contributed by atoms with Gasteiger partial charge in [-0.2, -0.15) is 0 Å². The van der Waals surface area contributed by atoms with Gasteiger partial charge < -0.3 is 18.6 Å². The number of hydrogen-bond acceptors (Lipinski definition) is 5. The Morgan fingerprint density at radius 3 is 1.38 bits per heavy atom. The Balaban J connectivity index is 2.44. The molecule has 2 aromatic carbocycles. The van der Waals surface area contributed by atoms with Crippen molar-refractivity contribution in [2.24, 2.45) is 0 Å². The van der Waals surface area contributed by atoms with Crippen LogP contribution in [0.4, 0.5) is 0 Å². The summed E-state index contributed by atoms with van der Waals surface area (Å²) in [6.07, 6.45) is 0. The smallest absolute Gasteiger partial charge is 0.336 e. The van der Waals surface area contributed by atoms with E-state index >= 15 is 0 Å². The van der Waals surface area contributed by atoms with E-state index in [1.165, 1.54) is 0 Å². The second-order valence-corrected chi connectivity index (χ2v) is 5.38. The zero-order valence-corrected chi connectivity index (χ0v) is 15.8. The van der Waals surface area contributed by atoms with Crippen molar-refractivity contribution in [3.8, 4) is 23.0 Å². The number of ketones is 1. The molecule has 0 bridgehead atoms. The summed E-state index contributed by atoms with van der Waals surface area (Å²) in [5.74, 6) is 2.18. The van der Waals surface area contributed by atoms with Gasteiger partial charge in [-0.3, -0.25) is 4.79 Å². The average Bonchev–Trinajstić information content (AvgIpc) is 2.63. The van der Waals surface area contributed by atoms with Crippen LogP contribution in [0.2, 0.25) is 27.3 Å². The molecule has 2 rings (SSSR count). The third kappa shape index (κ3) is 4.81. The van der Waals surface area contributed by atoms with Crippen molar-refractivity contribution in [3.63, 3.8) is 0 Å². The lowest BCUT2D eigenvalue weighted by Gasteiger charge is -2.15. The van der Waals surface area contributed by atoms with Crippen LogP contribution < -0.4 is 18.6 Å². The maximum absolute atomic E-state index is 13.1. The first-order valence-corrected chi connectivity index (χ1v) is 8.98. The topological polar surface area (TPSA) is 54.0 Å². The first-order valence-electron chi connectivity index (χ1n) is 8.98. The van der Waals surface area contributed by atoms with Crippen LogP contribution in [-0.2, 0) is 0 Å². The fourth-order valence-corrected chi connectivity index (χ4v) is 2.59. The van der Waals surface area contributed by atoms with Gasteiger partial charge in [0.25, 0.3) is 0 Å². The second-order valence-electron chi connectivity index (χ2n) is 5.38. The lowest BCUT2D eigenvalue weighted by molar-refractivity contribution is 0.103. The fourth-order valence-electron chi connectivity index (χ4n) is 2.59. The lowest BCUT2D eigenvalue weighted by Crippen LogP contribution is -2.10. The molecule has 9 heteroatoms. The molecular weight excluding hydrogens is 327 g/mol. The molecule has 0 aliphatic carbocycles. The molecule has 0 atom stereocenters. The fraction of sp³-hybridized carbons (Fsp3) is 0.235. The van der Waals surface area contributed by atoms with Gasteiger partial charge in [0.15, 0.2) is 5.78 Å². The van der Waals surface area contributed by atoms with E-state index in [1.54, 1.807) is 36.4 Å². The van der Waals surface area contributed by atoms with Crippen molar-refractivity contribution in [2.45, 2.75) is 27.3 Å². The van der Waals surface area contributed by atoms with Crippen molar-refractivity contribution in [1.29, 1.82) is 0 Å². The van der Waals surface area contributed by atoms with Crippen molar-refractivity contribution in [3.05, 3.63) is 47.5 Å². The average molecular weight is 350 g/mol. The molecule has 0 saturated carbocycles. The first-order chi connectivity index (χ1) is 12.6. The molecule has 0 N–H and O–H groups in total. The molecule has 2 aromatic rings. The summed E-state index contributed by atoms with van der Waals surface area (Å²) in [6, 6.07) is 10.5. The molecule has 0 aliphatic heterocycles. The van der Waals surface area contributed by atoms with Gasteiger partial charge in [0.05, 0.1) is 11.1 Å². The molecule has 0 fully saturated rings. The van der Waals surface area contributed by atoms with E-state index in [-0.39, 0.29) is 5.78 Å². The quantitative estimate of drug-likeness (QED) is 0.485. The predicted octanol–water partition coefficient (Wildman–Crippen LogP) is 2.03. The van der Waals surface area contributed by atoms with Crippen LogP contribution in [-0.4, -0.2) is 35.7 Å². The lowest BCUT2D eigenvalue weighted by atomic mass is 9.98. The highest BCUT2D eigenvalue weighted by Crippen LogP contribution is 2.31. The molecule has 0 radical (unpaired) electrons. The van der Waals surface area contributed by atoms with Gasteiger partial charge in [0.1, 0.15) is 23.0 Å². The van der Waals surface area contributed by atoms with Crippen LogP contribution in [0.5, 0.6) is 23.0 Å². The normalized spacial score (nSPS) is 9.69. The molecule has 0 spiro atoms. The van der Waals surface area contributed by atoms with E-state index in [0.717, 1.165) is 0 Å². The van der Waals surface area contributed by atoms with Crippen LogP contribution in [0, 0.1) is 0 Å². The highest BCUT2D eigenvalue weighted by molar-refractivity contribution is 6.28. The van der Waals surface area contributed by atoms with Gasteiger partial charge in [0, 0.05) is 12.1 Å². The molecule has 26 heavy (non-hydrogen) atoms. The highest BCUT2D eigenvalue weighted by atomic mass is 16.4. The molecule has 132 valence electrons. The second kappa shape index (κ2) is 9.90. The zero-order chi connectivity index (χ0) is 18.9. The van der Waals surface area contributed by atoms with Crippen molar-refractivity contribution in [1.82, 2.24) is 0 Å². The van der Waals surface area contributed by atoms with Gasteiger partial charge in [-0.15, -0.1) is 0 Å². The van der Waals surface area contributed by atoms with Crippen LogP contribution in [0.3, 0.4) is 0 Å².